The molecule has 1 aliphatic rings. The second-order valence-electron chi connectivity index (χ2n) is 7.13. The van der Waals surface area contributed by atoms with Gasteiger partial charge in [-0.3, -0.25) is 4.98 Å². The average molecular weight is 403 g/mol. The third-order valence-electron chi connectivity index (χ3n) is 4.96. The molecular formula is C21H21N7O2. The SMILES string of the molecule is Nc1nc(-c2ccccc2)c2nnn(Cc3cccc(CO[C@H]4CCOC4)n3)c2n1. The molecule has 4 aromatic rings. The third-order valence-corrected chi connectivity index (χ3v) is 4.96. The molecule has 0 unspecified atom stereocenters. The molecule has 0 radical (unpaired) electrons. The summed E-state index contributed by atoms with van der Waals surface area (Å²) < 4.78 is 12.9. The molecule has 0 bridgehead atoms. The zero-order valence-electron chi connectivity index (χ0n) is 16.3. The van der Waals surface area contributed by atoms with Crippen molar-refractivity contribution in [3.63, 3.8) is 0 Å². The van der Waals surface area contributed by atoms with Crippen molar-refractivity contribution in [3.05, 3.63) is 59.9 Å². The molecule has 30 heavy (non-hydrogen) atoms. The summed E-state index contributed by atoms with van der Waals surface area (Å²) in [5, 5.41) is 8.59. The third kappa shape index (κ3) is 3.85. The first kappa shape index (κ1) is 18.6. The second-order valence-corrected chi connectivity index (χ2v) is 7.13. The van der Waals surface area contributed by atoms with Gasteiger partial charge in [-0.15, -0.1) is 5.10 Å². The fourth-order valence-electron chi connectivity index (χ4n) is 3.48. The number of benzene rings is 1. The highest BCUT2D eigenvalue weighted by atomic mass is 16.5. The minimum absolute atomic E-state index is 0.144. The highest BCUT2D eigenvalue weighted by Gasteiger charge is 2.17. The summed E-state index contributed by atoms with van der Waals surface area (Å²) in [6.45, 7) is 2.28. The van der Waals surface area contributed by atoms with Crippen LogP contribution in [0.25, 0.3) is 22.4 Å². The van der Waals surface area contributed by atoms with Gasteiger partial charge in [0.15, 0.2) is 11.2 Å². The van der Waals surface area contributed by atoms with Crippen molar-refractivity contribution in [1.82, 2.24) is 29.9 Å². The van der Waals surface area contributed by atoms with Crippen LogP contribution in [0.1, 0.15) is 17.8 Å². The molecule has 4 heterocycles. The Hall–Kier alpha value is -3.43. The van der Waals surface area contributed by atoms with Crippen LogP contribution in [0.15, 0.2) is 48.5 Å². The molecular weight excluding hydrogens is 382 g/mol. The predicted octanol–water partition coefficient (Wildman–Crippen LogP) is 2.22. The lowest BCUT2D eigenvalue weighted by atomic mass is 10.1. The smallest absolute Gasteiger partial charge is 0.222 e. The van der Waals surface area contributed by atoms with E-state index in [0.717, 1.165) is 30.0 Å². The van der Waals surface area contributed by atoms with Gasteiger partial charge >= 0.3 is 0 Å². The number of hydrogen-bond acceptors (Lipinski definition) is 8. The van der Waals surface area contributed by atoms with E-state index in [1.807, 2.05) is 48.5 Å². The molecule has 5 rings (SSSR count). The second kappa shape index (κ2) is 8.13. The maximum absolute atomic E-state index is 5.97. The molecule has 1 atom stereocenters. The lowest BCUT2D eigenvalue weighted by Gasteiger charge is -2.10. The number of nitrogens with two attached hydrogens (primary N) is 1. The molecule has 1 aromatic carbocycles. The van der Waals surface area contributed by atoms with E-state index in [4.69, 9.17) is 15.2 Å². The van der Waals surface area contributed by atoms with Gasteiger partial charge in [0, 0.05) is 12.2 Å². The number of fused-ring (bicyclic) bond motifs is 1. The summed E-state index contributed by atoms with van der Waals surface area (Å²) in [5.41, 5.74) is 10.4. The monoisotopic (exact) mass is 403 g/mol. The summed E-state index contributed by atoms with van der Waals surface area (Å²) in [7, 11) is 0. The zero-order chi connectivity index (χ0) is 20.3. The molecule has 1 fully saturated rings. The van der Waals surface area contributed by atoms with Crippen LogP contribution in [0.4, 0.5) is 5.95 Å². The van der Waals surface area contributed by atoms with Crippen molar-refractivity contribution in [1.29, 1.82) is 0 Å². The summed E-state index contributed by atoms with van der Waals surface area (Å²) in [6.07, 6.45) is 1.07. The molecule has 9 heteroatoms. The van der Waals surface area contributed by atoms with E-state index < -0.39 is 0 Å². The molecule has 0 spiro atoms. The molecule has 9 nitrogen and oxygen atoms in total. The first-order chi connectivity index (χ1) is 14.8. The van der Waals surface area contributed by atoms with Gasteiger partial charge in [-0.1, -0.05) is 41.6 Å². The largest absolute Gasteiger partial charge is 0.379 e. The Morgan fingerprint density at radius 2 is 1.90 bits per heavy atom. The van der Waals surface area contributed by atoms with Crippen molar-refractivity contribution in [3.8, 4) is 11.3 Å². The molecule has 1 aliphatic heterocycles. The van der Waals surface area contributed by atoms with Crippen molar-refractivity contribution < 1.29 is 9.47 Å². The van der Waals surface area contributed by atoms with E-state index >= 15 is 0 Å². The minimum atomic E-state index is 0.144. The molecule has 3 aromatic heterocycles. The van der Waals surface area contributed by atoms with E-state index in [2.05, 4.69) is 25.3 Å². The number of anilines is 1. The lowest BCUT2D eigenvalue weighted by molar-refractivity contribution is 0.0301. The Bertz CT molecular complexity index is 1160. The maximum Gasteiger partial charge on any atom is 0.222 e. The highest BCUT2D eigenvalue weighted by molar-refractivity contribution is 5.87. The number of rotatable bonds is 6. The van der Waals surface area contributed by atoms with Crippen molar-refractivity contribution in [2.45, 2.75) is 25.7 Å². The van der Waals surface area contributed by atoms with E-state index in [1.165, 1.54) is 0 Å². The summed E-state index contributed by atoms with van der Waals surface area (Å²) in [6, 6.07) is 15.6. The first-order valence-corrected chi connectivity index (χ1v) is 9.82. The van der Waals surface area contributed by atoms with E-state index in [0.29, 0.717) is 36.6 Å². The average Bonchev–Trinajstić information content (AvgIpc) is 3.43. The van der Waals surface area contributed by atoms with E-state index in [-0.39, 0.29) is 12.1 Å². The number of pyridine rings is 1. The molecule has 0 saturated carbocycles. The summed E-state index contributed by atoms with van der Waals surface area (Å²) in [5.74, 6) is 0.179. The number of hydrogen-bond donors (Lipinski definition) is 1. The van der Waals surface area contributed by atoms with Gasteiger partial charge < -0.3 is 15.2 Å². The first-order valence-electron chi connectivity index (χ1n) is 9.82. The number of aromatic nitrogens is 6. The minimum Gasteiger partial charge on any atom is -0.379 e. The van der Waals surface area contributed by atoms with Crippen molar-refractivity contribution >= 4 is 17.1 Å². The zero-order valence-corrected chi connectivity index (χ0v) is 16.3. The Morgan fingerprint density at radius 1 is 1.03 bits per heavy atom. The van der Waals surface area contributed by atoms with Crippen LogP contribution in [0.3, 0.4) is 0 Å². The fraction of sp³-hybridized carbons (Fsp3) is 0.286. The van der Waals surface area contributed by atoms with E-state index in [1.54, 1.807) is 4.68 Å². The molecule has 0 amide bonds. The van der Waals surface area contributed by atoms with Gasteiger partial charge in [-0.05, 0) is 18.6 Å². The van der Waals surface area contributed by atoms with Gasteiger partial charge in [0.25, 0.3) is 0 Å². The summed E-state index contributed by atoms with van der Waals surface area (Å²) >= 11 is 0. The van der Waals surface area contributed by atoms with Crippen LogP contribution in [0.5, 0.6) is 0 Å². The lowest BCUT2D eigenvalue weighted by Crippen LogP contribution is -2.13. The Kier molecular flexibility index (Phi) is 5.04. The highest BCUT2D eigenvalue weighted by Crippen LogP contribution is 2.25. The number of nitrogens with zero attached hydrogens (tertiary/aromatic N) is 6. The van der Waals surface area contributed by atoms with Gasteiger partial charge in [-0.25, -0.2) is 9.67 Å². The normalized spacial score (nSPS) is 16.3. The van der Waals surface area contributed by atoms with Gasteiger partial charge in [0.1, 0.15) is 5.69 Å². The molecule has 0 aliphatic carbocycles. The molecule has 1 saturated heterocycles. The fourth-order valence-corrected chi connectivity index (χ4v) is 3.48. The van der Waals surface area contributed by atoms with Crippen LogP contribution < -0.4 is 5.73 Å². The molecule has 152 valence electrons. The quantitative estimate of drug-likeness (QED) is 0.521. The van der Waals surface area contributed by atoms with Gasteiger partial charge in [0.2, 0.25) is 5.95 Å². The van der Waals surface area contributed by atoms with Crippen LogP contribution in [-0.2, 0) is 22.6 Å². The Balaban J connectivity index is 1.41. The van der Waals surface area contributed by atoms with Crippen LogP contribution in [0, 0.1) is 0 Å². The Labute approximate surface area is 172 Å². The Morgan fingerprint density at radius 3 is 2.73 bits per heavy atom. The number of ether oxygens (including phenoxy) is 2. The number of nitrogen functional groups attached to an aromatic ring is 1. The topological polar surface area (TPSA) is 114 Å². The van der Waals surface area contributed by atoms with Crippen LogP contribution in [-0.4, -0.2) is 49.3 Å². The summed E-state index contributed by atoms with van der Waals surface area (Å²) in [4.78, 5) is 13.4. The van der Waals surface area contributed by atoms with E-state index in [9.17, 15) is 0 Å². The van der Waals surface area contributed by atoms with Crippen molar-refractivity contribution in [2.24, 2.45) is 0 Å². The molecule has 2 N–H and O–H groups in total. The van der Waals surface area contributed by atoms with Crippen molar-refractivity contribution in [2.75, 3.05) is 18.9 Å². The maximum atomic E-state index is 5.97. The predicted molar refractivity (Wildman–Crippen MR) is 110 cm³/mol. The van der Waals surface area contributed by atoms with Gasteiger partial charge in [0.05, 0.1) is 37.3 Å². The van der Waals surface area contributed by atoms with Gasteiger partial charge in [-0.2, -0.15) is 4.98 Å². The standard InChI is InChI=1S/C21H21N7O2/c22-21-24-18(14-5-2-1-3-6-14)19-20(25-21)28(27-26-19)11-15-7-4-8-16(23-15)12-30-17-9-10-29-13-17/h1-8,17H,9-13H2,(H2,22,24,25)/t17-/m0/s1. The van der Waals surface area contributed by atoms with Crippen LogP contribution in [0.2, 0.25) is 0 Å². The van der Waals surface area contributed by atoms with Crippen LogP contribution >= 0.6 is 0 Å².